The Bertz CT molecular complexity index is 557. The lowest BCUT2D eigenvalue weighted by atomic mass is 9.99. The number of aliphatic imine (C=N–C) groups is 1. The van der Waals surface area contributed by atoms with E-state index in [9.17, 15) is 0 Å². The van der Waals surface area contributed by atoms with Crippen molar-refractivity contribution in [2.45, 2.75) is 59.5 Å². The summed E-state index contributed by atoms with van der Waals surface area (Å²) in [5.41, 5.74) is 2.66. The molecule has 1 aliphatic heterocycles. The van der Waals surface area contributed by atoms with Crippen molar-refractivity contribution in [2.75, 3.05) is 39.4 Å². The second-order valence-electron chi connectivity index (χ2n) is 7.80. The highest BCUT2D eigenvalue weighted by Crippen LogP contribution is 2.18. The van der Waals surface area contributed by atoms with Gasteiger partial charge in [0, 0.05) is 32.8 Å². The van der Waals surface area contributed by atoms with Crippen LogP contribution < -0.4 is 10.6 Å². The highest BCUT2D eigenvalue weighted by Gasteiger charge is 2.15. The molecule has 1 fully saturated rings. The van der Waals surface area contributed by atoms with E-state index in [1.54, 1.807) is 0 Å². The van der Waals surface area contributed by atoms with Gasteiger partial charge in [-0.2, -0.15) is 0 Å². The number of hydrogen-bond acceptors (Lipinski definition) is 3. The van der Waals surface area contributed by atoms with Gasteiger partial charge in [-0.25, -0.2) is 4.99 Å². The molecular weight excluding hydrogens is 475 g/mol. The lowest BCUT2D eigenvalue weighted by Crippen LogP contribution is -2.37. The molecule has 1 saturated heterocycles. The van der Waals surface area contributed by atoms with Crippen LogP contribution in [0.5, 0.6) is 0 Å². The van der Waals surface area contributed by atoms with Crippen LogP contribution in [0.1, 0.15) is 57.6 Å². The van der Waals surface area contributed by atoms with Gasteiger partial charge in [0.1, 0.15) is 0 Å². The van der Waals surface area contributed by atoms with E-state index in [0.717, 1.165) is 57.6 Å². The summed E-state index contributed by atoms with van der Waals surface area (Å²) in [6, 6.07) is 8.96. The molecular formula is C23H41IN4O. The predicted octanol–water partition coefficient (Wildman–Crippen LogP) is 4.41. The lowest BCUT2D eigenvalue weighted by Gasteiger charge is -2.30. The van der Waals surface area contributed by atoms with E-state index in [1.807, 2.05) is 6.92 Å². The van der Waals surface area contributed by atoms with E-state index in [-0.39, 0.29) is 24.0 Å². The van der Waals surface area contributed by atoms with Crippen LogP contribution in [0.3, 0.4) is 0 Å². The first-order valence-corrected chi connectivity index (χ1v) is 11.1. The van der Waals surface area contributed by atoms with Crippen LogP contribution in [0.4, 0.5) is 0 Å². The first-order chi connectivity index (χ1) is 13.7. The Labute approximate surface area is 195 Å². The van der Waals surface area contributed by atoms with E-state index in [0.29, 0.717) is 6.54 Å². The summed E-state index contributed by atoms with van der Waals surface area (Å²) >= 11 is 0. The number of piperidine rings is 1. The van der Waals surface area contributed by atoms with Crippen molar-refractivity contribution >= 4 is 29.9 Å². The monoisotopic (exact) mass is 516 g/mol. The molecule has 0 atom stereocenters. The average molecular weight is 517 g/mol. The third-order valence-electron chi connectivity index (χ3n) is 5.28. The van der Waals surface area contributed by atoms with Crippen LogP contribution >= 0.6 is 24.0 Å². The molecule has 2 N–H and O–H groups in total. The van der Waals surface area contributed by atoms with Crippen molar-refractivity contribution in [3.8, 4) is 0 Å². The first kappa shape index (κ1) is 26.2. The number of nitrogens with one attached hydrogen (secondary N) is 2. The Morgan fingerprint density at radius 2 is 1.76 bits per heavy atom. The van der Waals surface area contributed by atoms with Gasteiger partial charge in [-0.1, -0.05) is 31.2 Å². The molecule has 6 heteroatoms. The Morgan fingerprint density at radius 3 is 2.41 bits per heavy atom. The normalized spacial score (nSPS) is 15.8. The summed E-state index contributed by atoms with van der Waals surface area (Å²) in [6.45, 7) is 14.2. The quantitative estimate of drug-likeness (QED) is 0.198. The fraction of sp³-hybridized carbons (Fsp3) is 0.696. The van der Waals surface area contributed by atoms with Gasteiger partial charge in [0.15, 0.2) is 5.96 Å². The molecule has 5 nitrogen and oxygen atoms in total. The summed E-state index contributed by atoms with van der Waals surface area (Å²) in [6.07, 6.45) is 4.84. The Kier molecular flexibility index (Phi) is 14.4. The molecule has 0 saturated carbocycles. The van der Waals surface area contributed by atoms with Gasteiger partial charge in [-0.05, 0) is 69.7 Å². The molecule has 0 amide bonds. The van der Waals surface area contributed by atoms with E-state index in [1.165, 1.54) is 37.1 Å². The predicted molar refractivity (Wildman–Crippen MR) is 134 cm³/mol. The molecule has 2 rings (SSSR count). The van der Waals surface area contributed by atoms with Crippen LogP contribution in [-0.4, -0.2) is 50.3 Å². The molecule has 0 aliphatic carbocycles. The second kappa shape index (κ2) is 15.9. The number of nitrogens with zero attached hydrogens (tertiary/aromatic N) is 2. The maximum absolute atomic E-state index is 5.38. The molecule has 1 aliphatic rings. The van der Waals surface area contributed by atoms with E-state index >= 15 is 0 Å². The molecule has 1 aromatic carbocycles. The van der Waals surface area contributed by atoms with Gasteiger partial charge >= 0.3 is 0 Å². The molecule has 166 valence electrons. The minimum Gasteiger partial charge on any atom is -0.382 e. The highest BCUT2D eigenvalue weighted by atomic mass is 127. The highest BCUT2D eigenvalue weighted by molar-refractivity contribution is 14.0. The summed E-state index contributed by atoms with van der Waals surface area (Å²) in [5.74, 6) is 1.78. The van der Waals surface area contributed by atoms with Crippen molar-refractivity contribution in [1.29, 1.82) is 0 Å². The maximum Gasteiger partial charge on any atom is 0.191 e. The molecule has 1 heterocycles. The zero-order chi connectivity index (χ0) is 20.0. The van der Waals surface area contributed by atoms with Gasteiger partial charge in [-0.3, -0.25) is 4.90 Å². The molecule has 0 aromatic heterocycles. The number of hydrogen-bond donors (Lipinski definition) is 2. The van der Waals surface area contributed by atoms with Gasteiger partial charge in [-0.15, -0.1) is 24.0 Å². The average Bonchev–Trinajstić information content (AvgIpc) is 2.71. The molecule has 29 heavy (non-hydrogen) atoms. The van der Waals surface area contributed by atoms with Crippen molar-refractivity contribution in [3.63, 3.8) is 0 Å². The summed E-state index contributed by atoms with van der Waals surface area (Å²) in [5, 5.41) is 6.74. The number of likely N-dealkylation sites (tertiary alicyclic amines) is 1. The minimum atomic E-state index is 0. The molecule has 0 spiro atoms. The van der Waals surface area contributed by atoms with Crippen LogP contribution in [0.2, 0.25) is 0 Å². The van der Waals surface area contributed by atoms with Gasteiger partial charge in [0.05, 0.1) is 6.54 Å². The molecule has 1 aromatic rings. The number of unbranched alkanes of at least 4 members (excludes halogenated alkanes) is 1. The van der Waals surface area contributed by atoms with E-state index in [2.05, 4.69) is 53.6 Å². The minimum absolute atomic E-state index is 0. The SMILES string of the molecule is CCNC(=NCc1ccc(CN2CCC(C)CC2)cc1)NCCCCOCC.I. The number of ether oxygens (including phenoxy) is 1. The Morgan fingerprint density at radius 1 is 1.07 bits per heavy atom. The van der Waals surface area contributed by atoms with Crippen molar-refractivity contribution < 1.29 is 4.74 Å². The molecule has 0 radical (unpaired) electrons. The number of rotatable bonds is 11. The standard InChI is InChI=1S/C23H40N4O.HI/c1-4-24-23(25-14-6-7-17-28-5-2)26-18-21-8-10-22(11-9-21)19-27-15-12-20(3)13-16-27;/h8-11,20H,4-7,12-19H2,1-3H3,(H2,24,25,26);1H. The summed E-state index contributed by atoms with van der Waals surface area (Å²) < 4.78 is 5.38. The van der Waals surface area contributed by atoms with Crippen LogP contribution in [0.25, 0.3) is 0 Å². The summed E-state index contributed by atoms with van der Waals surface area (Å²) in [4.78, 5) is 7.30. The number of halogens is 1. The molecule has 0 unspecified atom stereocenters. The van der Waals surface area contributed by atoms with E-state index < -0.39 is 0 Å². The summed E-state index contributed by atoms with van der Waals surface area (Å²) in [7, 11) is 0. The van der Waals surface area contributed by atoms with Crippen molar-refractivity contribution in [3.05, 3.63) is 35.4 Å². The van der Waals surface area contributed by atoms with E-state index in [4.69, 9.17) is 9.73 Å². The largest absolute Gasteiger partial charge is 0.382 e. The third kappa shape index (κ3) is 11.2. The zero-order valence-corrected chi connectivity index (χ0v) is 20.9. The topological polar surface area (TPSA) is 48.9 Å². The lowest BCUT2D eigenvalue weighted by molar-refractivity contribution is 0.143. The van der Waals surface area contributed by atoms with Crippen LogP contribution in [0.15, 0.2) is 29.3 Å². The van der Waals surface area contributed by atoms with Crippen LogP contribution in [-0.2, 0) is 17.8 Å². The van der Waals surface area contributed by atoms with Crippen LogP contribution in [0, 0.1) is 5.92 Å². The zero-order valence-electron chi connectivity index (χ0n) is 18.6. The van der Waals surface area contributed by atoms with Crippen molar-refractivity contribution in [1.82, 2.24) is 15.5 Å². The Hall–Kier alpha value is -0.860. The first-order valence-electron chi connectivity index (χ1n) is 11.1. The fourth-order valence-electron chi connectivity index (χ4n) is 3.42. The Balaban J connectivity index is 0.00000420. The molecule has 0 bridgehead atoms. The number of benzene rings is 1. The third-order valence-corrected chi connectivity index (χ3v) is 5.28. The second-order valence-corrected chi connectivity index (χ2v) is 7.80. The fourth-order valence-corrected chi connectivity index (χ4v) is 3.42. The number of guanidine groups is 1. The van der Waals surface area contributed by atoms with Gasteiger partial charge in [0.2, 0.25) is 0 Å². The van der Waals surface area contributed by atoms with Gasteiger partial charge in [0.25, 0.3) is 0 Å². The van der Waals surface area contributed by atoms with Gasteiger partial charge < -0.3 is 15.4 Å². The van der Waals surface area contributed by atoms with Crippen molar-refractivity contribution in [2.24, 2.45) is 10.9 Å². The maximum atomic E-state index is 5.38. The smallest absolute Gasteiger partial charge is 0.191 e.